The van der Waals surface area contributed by atoms with Gasteiger partial charge in [0, 0.05) is 12.0 Å². The summed E-state index contributed by atoms with van der Waals surface area (Å²) >= 11 is 0. The molecule has 1 fully saturated rings. The number of ether oxygens (including phenoxy) is 2. The van der Waals surface area contributed by atoms with E-state index < -0.39 is 0 Å². The van der Waals surface area contributed by atoms with E-state index in [4.69, 9.17) is 9.47 Å². The Bertz CT molecular complexity index is 676. The molecule has 1 saturated heterocycles. The predicted octanol–water partition coefficient (Wildman–Crippen LogP) is 4.03. The highest BCUT2D eigenvalue weighted by molar-refractivity contribution is 5.40. The first kappa shape index (κ1) is 18.0. The fraction of sp³-hybridized carbons (Fsp3) is 0.455. The van der Waals surface area contributed by atoms with Crippen molar-refractivity contribution in [2.75, 3.05) is 33.4 Å². The summed E-state index contributed by atoms with van der Waals surface area (Å²) in [7, 11) is 2.13. The lowest BCUT2D eigenvalue weighted by Gasteiger charge is -2.32. The second-order valence-corrected chi connectivity index (χ2v) is 7.54. The fourth-order valence-electron chi connectivity index (χ4n) is 3.21. The van der Waals surface area contributed by atoms with Gasteiger partial charge in [0.25, 0.3) is 0 Å². The van der Waals surface area contributed by atoms with Crippen LogP contribution in [0.3, 0.4) is 0 Å². The molecule has 0 aromatic heterocycles. The summed E-state index contributed by atoms with van der Waals surface area (Å²) in [6.07, 6.45) is 0. The van der Waals surface area contributed by atoms with Crippen molar-refractivity contribution in [1.82, 2.24) is 4.90 Å². The van der Waals surface area contributed by atoms with Crippen molar-refractivity contribution in [2.45, 2.75) is 32.2 Å². The Balaban J connectivity index is 1.66. The number of rotatable bonds is 5. The molecule has 1 aliphatic rings. The number of benzene rings is 2. The molecular weight excluding hydrogens is 310 g/mol. The molecule has 0 saturated carbocycles. The van der Waals surface area contributed by atoms with Crippen LogP contribution in [0.1, 0.15) is 30.5 Å². The topological polar surface area (TPSA) is 21.7 Å². The zero-order valence-corrected chi connectivity index (χ0v) is 15.8. The molecule has 3 heteroatoms. The molecule has 0 N–H and O–H groups in total. The maximum Gasteiger partial charge on any atom is 0.119 e. The second-order valence-electron chi connectivity index (χ2n) is 7.54. The second kappa shape index (κ2) is 7.59. The molecule has 2 aromatic rings. The van der Waals surface area contributed by atoms with Gasteiger partial charge >= 0.3 is 0 Å². The Morgan fingerprint density at radius 2 is 1.64 bits per heavy atom. The van der Waals surface area contributed by atoms with Gasteiger partial charge in [0.2, 0.25) is 0 Å². The molecule has 0 radical (unpaired) electrons. The highest BCUT2D eigenvalue weighted by Crippen LogP contribution is 2.32. The van der Waals surface area contributed by atoms with Gasteiger partial charge in [0.05, 0.1) is 19.3 Å². The first-order chi connectivity index (χ1) is 12.0. The van der Waals surface area contributed by atoms with Crippen LogP contribution < -0.4 is 4.74 Å². The first-order valence-electron chi connectivity index (χ1n) is 9.05. The summed E-state index contributed by atoms with van der Waals surface area (Å²) in [5, 5.41) is 0. The Morgan fingerprint density at radius 3 is 2.24 bits per heavy atom. The molecule has 0 amide bonds. The summed E-state index contributed by atoms with van der Waals surface area (Å²) in [5.41, 5.74) is 3.89. The minimum atomic E-state index is -0.0241. The predicted molar refractivity (Wildman–Crippen MR) is 102 cm³/mol. The lowest BCUT2D eigenvalue weighted by molar-refractivity contribution is -0.0108. The lowest BCUT2D eigenvalue weighted by atomic mass is 9.78. The van der Waals surface area contributed by atoms with E-state index in [0.29, 0.717) is 12.6 Å². The van der Waals surface area contributed by atoms with Crippen LogP contribution in [-0.4, -0.2) is 44.4 Å². The quantitative estimate of drug-likeness (QED) is 0.821. The van der Waals surface area contributed by atoms with Crippen LogP contribution in [0.15, 0.2) is 48.5 Å². The number of likely N-dealkylation sites (N-methyl/N-ethyl adjacent to an activating group) is 1. The van der Waals surface area contributed by atoms with Gasteiger partial charge in [-0.25, -0.2) is 0 Å². The summed E-state index contributed by atoms with van der Waals surface area (Å²) in [6.45, 7) is 9.85. The Labute approximate surface area is 151 Å². The molecule has 0 bridgehead atoms. The van der Waals surface area contributed by atoms with Crippen LogP contribution >= 0.6 is 0 Å². The van der Waals surface area contributed by atoms with Gasteiger partial charge in [-0.1, -0.05) is 55.8 Å². The molecule has 25 heavy (non-hydrogen) atoms. The largest absolute Gasteiger partial charge is 0.492 e. The van der Waals surface area contributed by atoms with E-state index in [1.165, 1.54) is 16.7 Å². The van der Waals surface area contributed by atoms with E-state index in [1.807, 2.05) is 0 Å². The average Bonchev–Trinajstić information content (AvgIpc) is 2.62. The fourth-order valence-corrected chi connectivity index (χ4v) is 3.21. The van der Waals surface area contributed by atoms with E-state index >= 15 is 0 Å². The van der Waals surface area contributed by atoms with Crippen LogP contribution in [0.5, 0.6) is 5.75 Å². The molecule has 2 aromatic carbocycles. The standard InChI is InChI=1S/C22H29NO2/c1-17-5-7-18(8-6-17)22(2,3)19-9-11-21(12-10-19)25-16-20-15-24-14-13-23(20)4/h5-12,20H,13-16H2,1-4H3. The molecule has 3 rings (SSSR count). The van der Waals surface area contributed by atoms with Crippen LogP contribution in [0.25, 0.3) is 0 Å². The maximum absolute atomic E-state index is 5.98. The molecule has 0 aliphatic carbocycles. The Hall–Kier alpha value is -1.84. The van der Waals surface area contributed by atoms with Gasteiger partial charge in [0.15, 0.2) is 0 Å². The van der Waals surface area contributed by atoms with Crippen LogP contribution in [0.2, 0.25) is 0 Å². The number of morpholine rings is 1. The third kappa shape index (κ3) is 4.23. The van der Waals surface area contributed by atoms with E-state index in [1.54, 1.807) is 0 Å². The monoisotopic (exact) mass is 339 g/mol. The van der Waals surface area contributed by atoms with Gasteiger partial charge in [-0.05, 0) is 37.2 Å². The van der Waals surface area contributed by atoms with Gasteiger partial charge in [0.1, 0.15) is 12.4 Å². The van der Waals surface area contributed by atoms with E-state index in [2.05, 4.69) is 81.2 Å². The number of aryl methyl sites for hydroxylation is 1. The third-order valence-corrected chi connectivity index (χ3v) is 5.31. The number of hydrogen-bond donors (Lipinski definition) is 0. The van der Waals surface area contributed by atoms with Crippen molar-refractivity contribution >= 4 is 0 Å². The molecule has 1 heterocycles. The zero-order valence-electron chi connectivity index (χ0n) is 15.8. The molecule has 134 valence electrons. The summed E-state index contributed by atoms with van der Waals surface area (Å²) in [6, 6.07) is 17.6. The van der Waals surface area contributed by atoms with Crippen LogP contribution in [-0.2, 0) is 10.2 Å². The minimum Gasteiger partial charge on any atom is -0.492 e. The highest BCUT2D eigenvalue weighted by atomic mass is 16.5. The normalized spacial score (nSPS) is 19.0. The third-order valence-electron chi connectivity index (χ3n) is 5.31. The van der Waals surface area contributed by atoms with E-state index in [-0.39, 0.29) is 5.41 Å². The van der Waals surface area contributed by atoms with Crippen molar-refractivity contribution in [3.05, 3.63) is 65.2 Å². The first-order valence-corrected chi connectivity index (χ1v) is 9.05. The van der Waals surface area contributed by atoms with Crippen molar-refractivity contribution in [1.29, 1.82) is 0 Å². The Kier molecular flexibility index (Phi) is 5.45. The van der Waals surface area contributed by atoms with Gasteiger partial charge in [-0.2, -0.15) is 0 Å². The SMILES string of the molecule is Cc1ccc(C(C)(C)c2ccc(OCC3COCCN3C)cc2)cc1. The maximum atomic E-state index is 5.98. The van der Waals surface area contributed by atoms with Crippen LogP contribution in [0, 0.1) is 6.92 Å². The molecular formula is C22H29NO2. The van der Waals surface area contributed by atoms with Gasteiger partial charge < -0.3 is 9.47 Å². The summed E-state index contributed by atoms with van der Waals surface area (Å²) in [5.74, 6) is 0.919. The van der Waals surface area contributed by atoms with Crippen molar-refractivity contribution in [2.24, 2.45) is 0 Å². The average molecular weight is 339 g/mol. The number of hydrogen-bond acceptors (Lipinski definition) is 3. The van der Waals surface area contributed by atoms with Crippen LogP contribution in [0.4, 0.5) is 0 Å². The molecule has 3 nitrogen and oxygen atoms in total. The summed E-state index contributed by atoms with van der Waals surface area (Å²) < 4.78 is 11.5. The molecule has 1 unspecified atom stereocenters. The smallest absolute Gasteiger partial charge is 0.119 e. The summed E-state index contributed by atoms with van der Waals surface area (Å²) in [4.78, 5) is 2.30. The molecule has 1 aliphatic heterocycles. The molecule has 1 atom stereocenters. The zero-order chi connectivity index (χ0) is 17.9. The van der Waals surface area contributed by atoms with Gasteiger partial charge in [-0.15, -0.1) is 0 Å². The van der Waals surface area contributed by atoms with E-state index in [0.717, 1.165) is 25.5 Å². The van der Waals surface area contributed by atoms with Gasteiger partial charge in [-0.3, -0.25) is 4.90 Å². The highest BCUT2D eigenvalue weighted by Gasteiger charge is 2.23. The van der Waals surface area contributed by atoms with Crippen molar-refractivity contribution < 1.29 is 9.47 Å². The lowest BCUT2D eigenvalue weighted by Crippen LogP contribution is -2.46. The minimum absolute atomic E-state index is 0.0241. The molecule has 0 spiro atoms. The van der Waals surface area contributed by atoms with Crippen molar-refractivity contribution in [3.63, 3.8) is 0 Å². The van der Waals surface area contributed by atoms with Crippen molar-refractivity contribution in [3.8, 4) is 5.75 Å². The Morgan fingerprint density at radius 1 is 1.04 bits per heavy atom. The number of nitrogens with zero attached hydrogens (tertiary/aromatic N) is 1. The van der Waals surface area contributed by atoms with E-state index in [9.17, 15) is 0 Å².